The second-order valence-electron chi connectivity index (χ2n) is 5.21. The molecule has 4 nitrogen and oxygen atoms in total. The highest BCUT2D eigenvalue weighted by Gasteiger charge is 2.20. The van der Waals surface area contributed by atoms with E-state index in [0.29, 0.717) is 5.82 Å². The van der Waals surface area contributed by atoms with Crippen LogP contribution >= 0.6 is 0 Å². The lowest BCUT2D eigenvalue weighted by Gasteiger charge is -2.05. The van der Waals surface area contributed by atoms with Crippen LogP contribution in [0, 0.1) is 6.92 Å². The molecule has 0 bridgehead atoms. The quantitative estimate of drug-likeness (QED) is 0.794. The monoisotopic (exact) mass is 281 g/mol. The van der Waals surface area contributed by atoms with Gasteiger partial charge in [0.1, 0.15) is 17.3 Å². The molecule has 2 N–H and O–H groups in total. The van der Waals surface area contributed by atoms with E-state index in [1.54, 1.807) is 10.9 Å². The van der Waals surface area contributed by atoms with E-state index < -0.39 is 0 Å². The molecule has 0 saturated carbocycles. The molecule has 0 fully saturated rings. The highest BCUT2D eigenvalue weighted by molar-refractivity contribution is 5.88. The van der Waals surface area contributed by atoms with Crippen molar-refractivity contribution in [1.82, 2.24) is 9.78 Å². The minimum atomic E-state index is 0.664. The number of nitrogens with two attached hydrogens (primary N) is 1. The van der Waals surface area contributed by atoms with E-state index in [-0.39, 0.29) is 0 Å². The number of anilines is 1. The second kappa shape index (κ2) is 5.13. The number of hydrogen-bond donors (Lipinski definition) is 1. The van der Waals surface area contributed by atoms with Gasteiger partial charge >= 0.3 is 0 Å². The fourth-order valence-electron chi connectivity index (χ4n) is 2.56. The normalized spacial score (nSPS) is 11.0. The topological polar surface area (TPSA) is 57.0 Å². The van der Waals surface area contributed by atoms with Crippen LogP contribution in [0.25, 0.3) is 22.4 Å². The highest BCUT2D eigenvalue weighted by Crippen LogP contribution is 2.37. The largest absolute Gasteiger partial charge is 0.469 e. The zero-order chi connectivity index (χ0) is 15.0. The van der Waals surface area contributed by atoms with Crippen molar-refractivity contribution in [3.63, 3.8) is 0 Å². The molecular formula is C17H19N3O. The van der Waals surface area contributed by atoms with Gasteiger partial charge in [0.25, 0.3) is 0 Å². The molecule has 3 rings (SSSR count). The van der Waals surface area contributed by atoms with Gasteiger partial charge in [-0.25, -0.2) is 0 Å². The Labute approximate surface area is 124 Å². The first-order valence-corrected chi connectivity index (χ1v) is 7.08. The lowest BCUT2D eigenvalue weighted by atomic mass is 10.00. The summed E-state index contributed by atoms with van der Waals surface area (Å²) < 4.78 is 7.26. The fraction of sp³-hybridized carbons (Fsp3) is 0.235. The summed E-state index contributed by atoms with van der Waals surface area (Å²) in [6, 6.07) is 10.3. The van der Waals surface area contributed by atoms with Gasteiger partial charge in [0.2, 0.25) is 0 Å². The molecule has 3 aromatic rings. The number of aromatic nitrogens is 2. The van der Waals surface area contributed by atoms with E-state index in [9.17, 15) is 0 Å². The lowest BCUT2D eigenvalue weighted by Crippen LogP contribution is -1.97. The van der Waals surface area contributed by atoms with Crippen LogP contribution in [-0.2, 0) is 13.5 Å². The lowest BCUT2D eigenvalue weighted by molar-refractivity contribution is 0.517. The summed E-state index contributed by atoms with van der Waals surface area (Å²) in [5, 5.41) is 4.59. The van der Waals surface area contributed by atoms with Crippen molar-refractivity contribution < 1.29 is 4.42 Å². The Hall–Kier alpha value is -2.49. The summed E-state index contributed by atoms with van der Waals surface area (Å²) in [7, 11) is 1.86. The van der Waals surface area contributed by atoms with Crippen molar-refractivity contribution in [1.29, 1.82) is 0 Å². The Bertz CT molecular complexity index is 766. The van der Waals surface area contributed by atoms with Gasteiger partial charge in [0, 0.05) is 19.0 Å². The Morgan fingerprint density at radius 2 is 1.90 bits per heavy atom. The minimum Gasteiger partial charge on any atom is -0.469 e. The summed E-state index contributed by atoms with van der Waals surface area (Å²) >= 11 is 0. The molecule has 0 radical (unpaired) electrons. The van der Waals surface area contributed by atoms with E-state index in [4.69, 9.17) is 10.2 Å². The van der Waals surface area contributed by atoms with Crippen LogP contribution in [0.1, 0.15) is 18.2 Å². The molecule has 1 aromatic carbocycles. The summed E-state index contributed by atoms with van der Waals surface area (Å²) in [6.45, 7) is 4.14. The van der Waals surface area contributed by atoms with Crippen molar-refractivity contribution >= 4 is 5.82 Å². The molecule has 2 aromatic heterocycles. The molecule has 0 saturated heterocycles. The Balaban J connectivity index is 2.23. The van der Waals surface area contributed by atoms with E-state index >= 15 is 0 Å². The van der Waals surface area contributed by atoms with Crippen LogP contribution in [0.3, 0.4) is 0 Å². The molecular weight excluding hydrogens is 262 g/mol. The van der Waals surface area contributed by atoms with Crippen molar-refractivity contribution in [3.05, 3.63) is 47.9 Å². The molecule has 0 amide bonds. The first kappa shape index (κ1) is 13.5. The number of furan rings is 1. The van der Waals surface area contributed by atoms with E-state index in [1.165, 1.54) is 5.56 Å². The van der Waals surface area contributed by atoms with Gasteiger partial charge in [0.15, 0.2) is 0 Å². The smallest absolute Gasteiger partial charge is 0.129 e. The maximum Gasteiger partial charge on any atom is 0.129 e. The molecule has 0 atom stereocenters. The van der Waals surface area contributed by atoms with Crippen molar-refractivity contribution in [3.8, 4) is 22.4 Å². The summed E-state index contributed by atoms with van der Waals surface area (Å²) in [6.07, 6.45) is 2.53. The Kier molecular flexibility index (Phi) is 3.29. The first-order valence-electron chi connectivity index (χ1n) is 7.08. The van der Waals surface area contributed by atoms with Crippen LogP contribution in [-0.4, -0.2) is 9.78 Å². The van der Waals surface area contributed by atoms with Crippen LogP contribution in [0.2, 0.25) is 0 Å². The molecule has 0 unspecified atom stereocenters. The third kappa shape index (κ3) is 2.23. The van der Waals surface area contributed by atoms with Gasteiger partial charge in [-0.05, 0) is 18.6 Å². The standard InChI is InChI=1S/C17H19N3O/c1-4-14-13(9-10-21-14)16-15(17(18)20(3)19-16)12-7-5-11(2)6-8-12/h5-10H,4,18H2,1-3H3. The number of benzene rings is 1. The number of hydrogen-bond acceptors (Lipinski definition) is 3. The predicted molar refractivity (Wildman–Crippen MR) is 84.9 cm³/mol. The van der Waals surface area contributed by atoms with Gasteiger partial charge in [-0.1, -0.05) is 36.8 Å². The summed E-state index contributed by atoms with van der Waals surface area (Å²) in [4.78, 5) is 0. The molecule has 0 aliphatic carbocycles. The SMILES string of the molecule is CCc1occc1-c1nn(C)c(N)c1-c1ccc(C)cc1. The summed E-state index contributed by atoms with van der Waals surface area (Å²) in [5.74, 6) is 1.60. The molecule has 0 spiro atoms. The Morgan fingerprint density at radius 1 is 1.19 bits per heavy atom. The van der Waals surface area contributed by atoms with Crippen molar-refractivity contribution in [2.45, 2.75) is 20.3 Å². The minimum absolute atomic E-state index is 0.664. The van der Waals surface area contributed by atoms with Crippen LogP contribution < -0.4 is 5.73 Å². The number of rotatable bonds is 3. The molecule has 21 heavy (non-hydrogen) atoms. The zero-order valence-electron chi connectivity index (χ0n) is 12.6. The Morgan fingerprint density at radius 3 is 2.57 bits per heavy atom. The van der Waals surface area contributed by atoms with Crippen LogP contribution in [0.4, 0.5) is 5.82 Å². The van der Waals surface area contributed by atoms with Gasteiger partial charge < -0.3 is 10.2 Å². The van der Waals surface area contributed by atoms with E-state index in [1.807, 2.05) is 13.1 Å². The first-order chi connectivity index (χ1) is 10.1. The van der Waals surface area contributed by atoms with E-state index in [2.05, 4.69) is 43.2 Å². The number of nitrogens with zero attached hydrogens (tertiary/aromatic N) is 2. The molecule has 4 heteroatoms. The number of aryl methyl sites for hydroxylation is 3. The highest BCUT2D eigenvalue weighted by atomic mass is 16.3. The molecule has 0 aliphatic heterocycles. The molecule has 0 aliphatic rings. The number of nitrogen functional groups attached to an aromatic ring is 1. The van der Waals surface area contributed by atoms with Crippen LogP contribution in [0.15, 0.2) is 41.0 Å². The second-order valence-corrected chi connectivity index (χ2v) is 5.21. The molecule has 108 valence electrons. The maximum absolute atomic E-state index is 6.24. The van der Waals surface area contributed by atoms with Gasteiger partial charge in [0.05, 0.1) is 11.8 Å². The van der Waals surface area contributed by atoms with Crippen molar-refractivity contribution in [2.24, 2.45) is 7.05 Å². The molecule has 2 heterocycles. The predicted octanol–water partition coefficient (Wildman–Crippen LogP) is 3.80. The summed E-state index contributed by atoms with van der Waals surface area (Å²) in [5.41, 5.74) is 11.4. The van der Waals surface area contributed by atoms with Crippen LogP contribution in [0.5, 0.6) is 0 Å². The van der Waals surface area contributed by atoms with Gasteiger partial charge in [-0.2, -0.15) is 5.10 Å². The van der Waals surface area contributed by atoms with Crippen molar-refractivity contribution in [2.75, 3.05) is 5.73 Å². The maximum atomic E-state index is 6.24. The van der Waals surface area contributed by atoms with E-state index in [0.717, 1.165) is 34.6 Å². The third-order valence-corrected chi connectivity index (χ3v) is 3.75. The zero-order valence-corrected chi connectivity index (χ0v) is 12.6. The van der Waals surface area contributed by atoms with Gasteiger partial charge in [-0.3, -0.25) is 4.68 Å². The van der Waals surface area contributed by atoms with Gasteiger partial charge in [-0.15, -0.1) is 0 Å². The third-order valence-electron chi connectivity index (χ3n) is 3.75. The average molecular weight is 281 g/mol. The average Bonchev–Trinajstić information content (AvgIpc) is 3.06. The fourth-order valence-corrected chi connectivity index (χ4v) is 2.56.